The molecule has 0 aromatic carbocycles. The lowest BCUT2D eigenvalue weighted by molar-refractivity contribution is -0.177. The average molecular weight is 495 g/mol. The van der Waals surface area contributed by atoms with Gasteiger partial charge in [0.15, 0.2) is 5.96 Å². The number of hydrogen-bond acceptors (Lipinski definition) is 4. The van der Waals surface area contributed by atoms with E-state index in [0.29, 0.717) is 18.2 Å². The summed E-state index contributed by atoms with van der Waals surface area (Å²) in [5, 5.41) is 3.68. The predicted molar refractivity (Wildman–Crippen MR) is 119 cm³/mol. The van der Waals surface area contributed by atoms with E-state index in [1.807, 2.05) is 14.2 Å². The fourth-order valence-electron chi connectivity index (χ4n) is 4.43. The van der Waals surface area contributed by atoms with Gasteiger partial charge in [0.1, 0.15) is 0 Å². The Balaban J connectivity index is 0.00000261. The minimum atomic E-state index is -0.0628. The molecular weight excluding hydrogens is 457 g/mol. The van der Waals surface area contributed by atoms with E-state index in [1.54, 1.807) is 0 Å². The standard InChI is InChI=1S/C20H37N3O3.HI/c1-19(2)17(13-20(19,3)24-5)22-18(21-4)23-10-8-15(9-11-23)26-14-16-7-6-12-25-16;/h15-17H,6-14H2,1-5H3,(H,21,22);1H. The summed E-state index contributed by atoms with van der Waals surface area (Å²) >= 11 is 0. The fraction of sp³-hybridized carbons (Fsp3) is 0.950. The number of piperidine rings is 1. The molecule has 3 atom stereocenters. The molecule has 3 aliphatic rings. The van der Waals surface area contributed by atoms with Crippen molar-refractivity contribution in [2.45, 2.75) is 76.7 Å². The van der Waals surface area contributed by atoms with Gasteiger partial charge in [-0.1, -0.05) is 13.8 Å². The Morgan fingerprint density at radius 2 is 1.93 bits per heavy atom. The Hall–Kier alpha value is -0.120. The molecule has 0 aromatic heterocycles. The van der Waals surface area contributed by atoms with Gasteiger partial charge in [-0.15, -0.1) is 24.0 Å². The van der Waals surface area contributed by atoms with Gasteiger partial charge in [-0.05, 0) is 39.0 Å². The van der Waals surface area contributed by atoms with Crippen molar-refractivity contribution < 1.29 is 14.2 Å². The van der Waals surface area contributed by atoms with Crippen molar-refractivity contribution in [3.05, 3.63) is 0 Å². The monoisotopic (exact) mass is 495 g/mol. The van der Waals surface area contributed by atoms with Crippen molar-refractivity contribution in [1.82, 2.24) is 10.2 Å². The minimum Gasteiger partial charge on any atom is -0.378 e. The smallest absolute Gasteiger partial charge is 0.193 e. The lowest BCUT2D eigenvalue weighted by Gasteiger charge is -2.59. The number of hydrogen-bond donors (Lipinski definition) is 1. The molecular formula is C20H38IN3O3. The SMILES string of the molecule is CN=C(NC1CC(C)(OC)C1(C)C)N1CCC(OCC2CCCO2)CC1.I. The number of halogens is 1. The number of nitrogens with one attached hydrogen (secondary N) is 1. The highest BCUT2D eigenvalue weighted by Gasteiger charge is 2.58. The second kappa shape index (κ2) is 9.59. The third kappa shape index (κ3) is 4.90. The van der Waals surface area contributed by atoms with E-state index in [0.717, 1.165) is 57.9 Å². The van der Waals surface area contributed by atoms with Crippen molar-refractivity contribution in [3.63, 3.8) is 0 Å². The molecule has 2 heterocycles. The predicted octanol–water partition coefficient (Wildman–Crippen LogP) is 3.04. The molecule has 3 rings (SSSR count). The number of nitrogens with zero attached hydrogens (tertiary/aromatic N) is 2. The second-order valence-electron chi connectivity index (χ2n) is 8.76. The molecule has 0 radical (unpaired) electrons. The van der Waals surface area contributed by atoms with Crippen LogP contribution in [0.2, 0.25) is 0 Å². The molecule has 7 heteroatoms. The van der Waals surface area contributed by atoms with Crippen molar-refractivity contribution in [2.75, 3.05) is 40.5 Å². The van der Waals surface area contributed by atoms with Gasteiger partial charge in [-0.25, -0.2) is 0 Å². The number of likely N-dealkylation sites (tertiary alicyclic amines) is 1. The van der Waals surface area contributed by atoms with Crippen LogP contribution in [-0.2, 0) is 14.2 Å². The maximum absolute atomic E-state index is 6.09. The zero-order chi connectivity index (χ0) is 18.8. The molecule has 0 bridgehead atoms. The third-order valence-electron chi connectivity index (χ3n) is 7.08. The molecule has 3 fully saturated rings. The van der Waals surface area contributed by atoms with E-state index >= 15 is 0 Å². The maximum atomic E-state index is 6.09. The molecule has 1 saturated carbocycles. The Labute approximate surface area is 181 Å². The Kier molecular flexibility index (Phi) is 8.22. The zero-order valence-electron chi connectivity index (χ0n) is 17.6. The number of rotatable bonds is 5. The molecule has 1 aliphatic carbocycles. The van der Waals surface area contributed by atoms with Gasteiger partial charge in [0.2, 0.25) is 0 Å². The lowest BCUT2D eigenvalue weighted by Crippen LogP contribution is -2.69. The van der Waals surface area contributed by atoms with Gasteiger partial charge in [-0.2, -0.15) is 0 Å². The molecule has 2 saturated heterocycles. The first-order chi connectivity index (χ1) is 12.4. The molecule has 2 aliphatic heterocycles. The van der Waals surface area contributed by atoms with E-state index in [9.17, 15) is 0 Å². The third-order valence-corrected chi connectivity index (χ3v) is 7.08. The van der Waals surface area contributed by atoms with Gasteiger partial charge in [0.25, 0.3) is 0 Å². The number of guanidine groups is 1. The first-order valence-electron chi connectivity index (χ1n) is 10.2. The number of ether oxygens (including phenoxy) is 3. The van der Waals surface area contributed by atoms with Crippen molar-refractivity contribution in [2.24, 2.45) is 10.4 Å². The summed E-state index contributed by atoms with van der Waals surface area (Å²) in [6.07, 6.45) is 6.11. The van der Waals surface area contributed by atoms with E-state index < -0.39 is 0 Å². The Morgan fingerprint density at radius 1 is 1.22 bits per heavy atom. The van der Waals surface area contributed by atoms with Crippen molar-refractivity contribution >= 4 is 29.9 Å². The van der Waals surface area contributed by atoms with Gasteiger partial charge >= 0.3 is 0 Å². The van der Waals surface area contributed by atoms with E-state index in [4.69, 9.17) is 14.2 Å². The molecule has 0 spiro atoms. The maximum Gasteiger partial charge on any atom is 0.193 e. The van der Waals surface area contributed by atoms with Crippen LogP contribution < -0.4 is 5.32 Å². The molecule has 158 valence electrons. The van der Waals surface area contributed by atoms with Crippen LogP contribution in [-0.4, -0.2) is 75.2 Å². The number of aliphatic imine (C=N–C) groups is 1. The van der Waals surface area contributed by atoms with Crippen LogP contribution in [0.4, 0.5) is 0 Å². The molecule has 6 nitrogen and oxygen atoms in total. The highest BCUT2D eigenvalue weighted by Crippen LogP contribution is 2.51. The summed E-state index contributed by atoms with van der Waals surface area (Å²) in [6, 6.07) is 0.389. The van der Waals surface area contributed by atoms with Crippen LogP contribution in [0.1, 0.15) is 52.9 Å². The van der Waals surface area contributed by atoms with Crippen LogP contribution in [0.25, 0.3) is 0 Å². The van der Waals surface area contributed by atoms with Crippen LogP contribution >= 0.6 is 24.0 Å². The van der Waals surface area contributed by atoms with E-state index in [-0.39, 0.29) is 35.0 Å². The van der Waals surface area contributed by atoms with E-state index in [2.05, 4.69) is 36.0 Å². The summed E-state index contributed by atoms with van der Waals surface area (Å²) < 4.78 is 17.5. The summed E-state index contributed by atoms with van der Waals surface area (Å²) in [5.41, 5.74) is 0.0209. The van der Waals surface area contributed by atoms with Gasteiger partial charge in [0, 0.05) is 45.3 Å². The molecule has 3 unspecified atom stereocenters. The highest BCUT2D eigenvalue weighted by molar-refractivity contribution is 14.0. The van der Waals surface area contributed by atoms with Gasteiger partial charge in [-0.3, -0.25) is 4.99 Å². The zero-order valence-corrected chi connectivity index (χ0v) is 20.0. The molecule has 1 N–H and O–H groups in total. The lowest BCUT2D eigenvalue weighted by atomic mass is 9.56. The minimum absolute atomic E-state index is 0. The summed E-state index contributed by atoms with van der Waals surface area (Å²) in [6.45, 7) is 10.4. The van der Waals surface area contributed by atoms with Crippen LogP contribution in [0.15, 0.2) is 4.99 Å². The quantitative estimate of drug-likeness (QED) is 0.361. The number of methoxy groups -OCH3 is 1. The Bertz CT molecular complexity index is 503. The van der Waals surface area contributed by atoms with Crippen LogP contribution in [0.3, 0.4) is 0 Å². The topological polar surface area (TPSA) is 55.3 Å². The summed E-state index contributed by atoms with van der Waals surface area (Å²) in [7, 11) is 3.69. The second-order valence-corrected chi connectivity index (χ2v) is 8.76. The molecule has 27 heavy (non-hydrogen) atoms. The highest BCUT2D eigenvalue weighted by atomic mass is 127. The van der Waals surface area contributed by atoms with Gasteiger partial charge < -0.3 is 24.4 Å². The summed E-state index contributed by atoms with van der Waals surface area (Å²) in [5.74, 6) is 1.01. The fourth-order valence-corrected chi connectivity index (χ4v) is 4.43. The Morgan fingerprint density at radius 3 is 2.44 bits per heavy atom. The van der Waals surface area contributed by atoms with E-state index in [1.165, 1.54) is 6.42 Å². The average Bonchev–Trinajstić information content (AvgIpc) is 3.17. The van der Waals surface area contributed by atoms with Crippen molar-refractivity contribution in [3.8, 4) is 0 Å². The summed E-state index contributed by atoms with van der Waals surface area (Å²) in [4.78, 5) is 6.90. The van der Waals surface area contributed by atoms with Gasteiger partial charge in [0.05, 0.1) is 24.4 Å². The van der Waals surface area contributed by atoms with Crippen molar-refractivity contribution in [1.29, 1.82) is 0 Å². The normalized spacial score (nSPS) is 34.1. The first kappa shape index (κ1) is 23.2. The first-order valence-corrected chi connectivity index (χ1v) is 10.2. The largest absolute Gasteiger partial charge is 0.378 e. The molecule has 0 aromatic rings. The molecule has 0 amide bonds. The van der Waals surface area contributed by atoms with Crippen LogP contribution in [0, 0.1) is 5.41 Å². The van der Waals surface area contributed by atoms with Crippen LogP contribution in [0.5, 0.6) is 0 Å².